The average molecular weight is 258 g/mol. The number of carbonyl (C=O) groups excluding carboxylic acids is 2. The zero-order chi connectivity index (χ0) is 13.6. The summed E-state index contributed by atoms with van der Waals surface area (Å²) in [7, 11) is 0. The standard InChI is InChI=1S/C16H18O3/c1-16(2)9-10-4-3-5-14(15(10)19-16)11-6-12(17)8-13(18)7-11/h3-5,11H,6-9H2,1-2H3. The van der Waals surface area contributed by atoms with Crippen LogP contribution in [0.15, 0.2) is 18.2 Å². The number of para-hydroxylation sites is 1. The highest BCUT2D eigenvalue weighted by Crippen LogP contribution is 2.43. The molecule has 0 unspecified atom stereocenters. The Morgan fingerprint density at radius 1 is 1.16 bits per heavy atom. The summed E-state index contributed by atoms with van der Waals surface area (Å²) < 4.78 is 6.03. The van der Waals surface area contributed by atoms with E-state index in [1.165, 1.54) is 5.56 Å². The van der Waals surface area contributed by atoms with Gasteiger partial charge >= 0.3 is 0 Å². The molecular formula is C16H18O3. The number of ether oxygens (including phenoxy) is 1. The highest BCUT2D eigenvalue weighted by molar-refractivity contribution is 6.02. The first-order valence-electron chi connectivity index (χ1n) is 6.79. The van der Waals surface area contributed by atoms with E-state index in [4.69, 9.17) is 4.74 Å². The van der Waals surface area contributed by atoms with Crippen LogP contribution in [-0.4, -0.2) is 17.2 Å². The molecule has 3 nitrogen and oxygen atoms in total. The Bertz CT molecular complexity index is 541. The monoisotopic (exact) mass is 258 g/mol. The molecule has 0 aromatic heterocycles. The fraction of sp³-hybridized carbons (Fsp3) is 0.500. The van der Waals surface area contributed by atoms with E-state index in [0.717, 1.165) is 17.7 Å². The molecule has 1 aromatic carbocycles. The summed E-state index contributed by atoms with van der Waals surface area (Å²) >= 11 is 0. The minimum atomic E-state index is -0.193. The number of fused-ring (bicyclic) bond motifs is 1. The van der Waals surface area contributed by atoms with Gasteiger partial charge in [-0.3, -0.25) is 9.59 Å². The fourth-order valence-corrected chi connectivity index (χ4v) is 3.17. The van der Waals surface area contributed by atoms with Gasteiger partial charge < -0.3 is 4.74 Å². The van der Waals surface area contributed by atoms with Crippen LogP contribution in [0.2, 0.25) is 0 Å². The molecule has 3 rings (SSSR count). The third-order valence-corrected chi connectivity index (χ3v) is 3.90. The summed E-state index contributed by atoms with van der Waals surface area (Å²) in [6.45, 7) is 4.13. The SMILES string of the molecule is CC1(C)Cc2cccc(C3CC(=O)CC(=O)C3)c2O1. The molecular weight excluding hydrogens is 240 g/mol. The van der Waals surface area contributed by atoms with Crippen molar-refractivity contribution >= 4 is 11.6 Å². The van der Waals surface area contributed by atoms with E-state index in [-0.39, 0.29) is 29.5 Å². The lowest BCUT2D eigenvalue weighted by atomic mass is 9.81. The Morgan fingerprint density at radius 2 is 1.84 bits per heavy atom. The lowest BCUT2D eigenvalue weighted by Crippen LogP contribution is -2.25. The Morgan fingerprint density at radius 3 is 2.53 bits per heavy atom. The van der Waals surface area contributed by atoms with Gasteiger partial charge in [-0.1, -0.05) is 18.2 Å². The van der Waals surface area contributed by atoms with Crippen LogP contribution in [0.4, 0.5) is 0 Å². The van der Waals surface area contributed by atoms with Crippen LogP contribution in [0.5, 0.6) is 5.75 Å². The summed E-state index contributed by atoms with van der Waals surface area (Å²) in [5.41, 5.74) is 2.03. The maximum atomic E-state index is 11.6. The van der Waals surface area contributed by atoms with E-state index < -0.39 is 0 Å². The summed E-state index contributed by atoms with van der Waals surface area (Å²) in [4.78, 5) is 23.2. The number of carbonyl (C=O) groups is 2. The molecule has 0 radical (unpaired) electrons. The van der Waals surface area contributed by atoms with Gasteiger partial charge in [0.1, 0.15) is 22.9 Å². The quantitative estimate of drug-likeness (QED) is 0.727. The first-order chi connectivity index (χ1) is 8.94. The molecule has 100 valence electrons. The van der Waals surface area contributed by atoms with Gasteiger partial charge in [0.05, 0.1) is 6.42 Å². The predicted octanol–water partition coefficient (Wildman–Crippen LogP) is 2.81. The highest BCUT2D eigenvalue weighted by Gasteiger charge is 2.35. The summed E-state index contributed by atoms with van der Waals surface area (Å²) in [6.07, 6.45) is 1.92. The van der Waals surface area contributed by atoms with Gasteiger partial charge in [0, 0.05) is 25.2 Å². The largest absolute Gasteiger partial charge is 0.487 e. The zero-order valence-corrected chi connectivity index (χ0v) is 11.4. The third kappa shape index (κ3) is 2.29. The highest BCUT2D eigenvalue weighted by atomic mass is 16.5. The molecule has 2 aliphatic rings. The lowest BCUT2D eigenvalue weighted by molar-refractivity contribution is -0.130. The van der Waals surface area contributed by atoms with Crippen molar-refractivity contribution in [2.75, 3.05) is 0 Å². The zero-order valence-electron chi connectivity index (χ0n) is 11.4. The molecule has 0 saturated heterocycles. The van der Waals surface area contributed by atoms with E-state index >= 15 is 0 Å². The Labute approximate surface area is 113 Å². The number of ketones is 2. The van der Waals surface area contributed by atoms with Gasteiger partial charge in [-0.2, -0.15) is 0 Å². The van der Waals surface area contributed by atoms with Gasteiger partial charge in [-0.05, 0) is 25.0 Å². The van der Waals surface area contributed by atoms with Crippen molar-refractivity contribution in [1.29, 1.82) is 0 Å². The van der Waals surface area contributed by atoms with Crippen LogP contribution >= 0.6 is 0 Å². The molecule has 3 heteroatoms. The van der Waals surface area contributed by atoms with Crippen molar-refractivity contribution < 1.29 is 14.3 Å². The van der Waals surface area contributed by atoms with Crippen LogP contribution in [-0.2, 0) is 16.0 Å². The minimum Gasteiger partial charge on any atom is -0.487 e. The minimum absolute atomic E-state index is 0.00222. The Hall–Kier alpha value is -1.64. The van der Waals surface area contributed by atoms with Crippen molar-refractivity contribution in [2.45, 2.75) is 51.0 Å². The van der Waals surface area contributed by atoms with Crippen molar-refractivity contribution in [2.24, 2.45) is 0 Å². The molecule has 0 amide bonds. The van der Waals surface area contributed by atoms with Crippen LogP contribution in [0.25, 0.3) is 0 Å². The summed E-state index contributed by atoms with van der Waals surface area (Å²) in [5.74, 6) is 1.00. The van der Waals surface area contributed by atoms with Crippen molar-refractivity contribution in [1.82, 2.24) is 0 Å². The number of benzene rings is 1. The molecule has 1 aliphatic heterocycles. The maximum absolute atomic E-state index is 11.6. The van der Waals surface area contributed by atoms with Gasteiger partial charge in [0.15, 0.2) is 0 Å². The van der Waals surface area contributed by atoms with E-state index in [1.807, 2.05) is 12.1 Å². The molecule has 1 saturated carbocycles. The van der Waals surface area contributed by atoms with E-state index in [9.17, 15) is 9.59 Å². The number of rotatable bonds is 1. The first-order valence-corrected chi connectivity index (χ1v) is 6.79. The molecule has 0 N–H and O–H groups in total. The Balaban J connectivity index is 1.97. The molecule has 19 heavy (non-hydrogen) atoms. The van der Waals surface area contributed by atoms with Crippen LogP contribution in [0.1, 0.15) is 50.2 Å². The normalized spacial score (nSPS) is 22.2. The molecule has 1 aliphatic carbocycles. The van der Waals surface area contributed by atoms with Crippen LogP contribution in [0, 0.1) is 0 Å². The average Bonchev–Trinajstić information content (AvgIpc) is 2.60. The first kappa shape index (κ1) is 12.4. The topological polar surface area (TPSA) is 43.4 Å². The van der Waals surface area contributed by atoms with E-state index in [1.54, 1.807) is 0 Å². The van der Waals surface area contributed by atoms with E-state index in [0.29, 0.717) is 12.8 Å². The molecule has 1 heterocycles. The van der Waals surface area contributed by atoms with Crippen molar-refractivity contribution in [3.8, 4) is 5.75 Å². The number of hydrogen-bond acceptors (Lipinski definition) is 3. The molecule has 0 bridgehead atoms. The molecule has 0 atom stereocenters. The van der Waals surface area contributed by atoms with Gasteiger partial charge in [-0.25, -0.2) is 0 Å². The molecule has 1 aromatic rings. The van der Waals surface area contributed by atoms with Gasteiger partial charge in [0.2, 0.25) is 0 Å². The second-order valence-electron chi connectivity index (χ2n) is 6.23. The Kier molecular flexibility index (Phi) is 2.73. The van der Waals surface area contributed by atoms with Crippen molar-refractivity contribution in [3.63, 3.8) is 0 Å². The summed E-state index contributed by atoms with van der Waals surface area (Å²) in [6, 6.07) is 6.07. The maximum Gasteiger partial charge on any atom is 0.140 e. The smallest absolute Gasteiger partial charge is 0.140 e. The van der Waals surface area contributed by atoms with Gasteiger partial charge in [0.25, 0.3) is 0 Å². The molecule has 1 fully saturated rings. The second-order valence-corrected chi connectivity index (χ2v) is 6.23. The second kappa shape index (κ2) is 4.19. The molecule has 0 spiro atoms. The summed E-state index contributed by atoms with van der Waals surface area (Å²) in [5, 5.41) is 0. The van der Waals surface area contributed by atoms with Crippen LogP contribution in [0.3, 0.4) is 0 Å². The number of hydrogen-bond donors (Lipinski definition) is 0. The fourth-order valence-electron chi connectivity index (χ4n) is 3.17. The number of Topliss-reactive ketones (excluding diaryl/α,β-unsaturated/α-hetero) is 2. The lowest BCUT2D eigenvalue weighted by Gasteiger charge is -2.24. The van der Waals surface area contributed by atoms with E-state index in [2.05, 4.69) is 19.9 Å². The van der Waals surface area contributed by atoms with Crippen LogP contribution < -0.4 is 4.74 Å². The predicted molar refractivity (Wildman–Crippen MR) is 71.5 cm³/mol. The third-order valence-electron chi connectivity index (χ3n) is 3.90. The van der Waals surface area contributed by atoms with Gasteiger partial charge in [-0.15, -0.1) is 0 Å². The van der Waals surface area contributed by atoms with Crippen molar-refractivity contribution in [3.05, 3.63) is 29.3 Å².